The van der Waals surface area contributed by atoms with Gasteiger partial charge in [0.05, 0.1) is 5.56 Å². The minimum atomic E-state index is -0.211. The molecule has 0 atom stereocenters. The predicted octanol–water partition coefficient (Wildman–Crippen LogP) is 3.11. The van der Waals surface area contributed by atoms with Gasteiger partial charge >= 0.3 is 0 Å². The molecule has 2 aromatic rings. The Morgan fingerprint density at radius 1 is 1.29 bits per heavy atom. The number of amides is 1. The third-order valence-electron chi connectivity index (χ3n) is 3.53. The van der Waals surface area contributed by atoms with Gasteiger partial charge in [-0.15, -0.1) is 0 Å². The Morgan fingerprint density at radius 2 is 2.05 bits per heavy atom. The van der Waals surface area contributed by atoms with E-state index >= 15 is 0 Å². The van der Waals surface area contributed by atoms with Crippen LogP contribution in [0.1, 0.15) is 40.5 Å². The van der Waals surface area contributed by atoms with Crippen LogP contribution in [0, 0.1) is 25.2 Å². The zero-order chi connectivity index (χ0) is 15.4. The molecule has 0 fully saturated rings. The highest BCUT2D eigenvalue weighted by molar-refractivity contribution is 5.95. The second-order valence-corrected chi connectivity index (χ2v) is 5.08. The molecule has 21 heavy (non-hydrogen) atoms. The molecule has 2 rings (SSSR count). The van der Waals surface area contributed by atoms with Crippen LogP contribution < -0.4 is 5.32 Å². The fourth-order valence-electron chi connectivity index (χ4n) is 2.17. The summed E-state index contributed by atoms with van der Waals surface area (Å²) in [6, 6.07) is 9.76. The van der Waals surface area contributed by atoms with Gasteiger partial charge in [0, 0.05) is 18.4 Å². The van der Waals surface area contributed by atoms with Crippen molar-refractivity contribution >= 4 is 5.91 Å². The number of benzene rings is 1. The molecule has 0 aliphatic carbocycles. The van der Waals surface area contributed by atoms with Crippen molar-refractivity contribution in [2.75, 3.05) is 6.54 Å². The molecule has 0 aliphatic rings. The maximum Gasteiger partial charge on any atom is 0.269 e. The lowest BCUT2D eigenvalue weighted by Crippen LogP contribution is -2.27. The summed E-state index contributed by atoms with van der Waals surface area (Å²) in [6.45, 7) is 6.67. The lowest BCUT2D eigenvalue weighted by atomic mass is 10.1. The average molecular weight is 281 g/mol. The lowest BCUT2D eigenvalue weighted by Gasteiger charge is -2.11. The van der Waals surface area contributed by atoms with Crippen molar-refractivity contribution in [2.45, 2.75) is 27.2 Å². The number of carbonyl (C=O) groups excluding carboxylic acids is 1. The first kappa shape index (κ1) is 14.9. The molecule has 0 saturated heterocycles. The first-order valence-electron chi connectivity index (χ1n) is 7.05. The van der Waals surface area contributed by atoms with Crippen molar-refractivity contribution in [2.24, 2.45) is 0 Å². The fraction of sp³-hybridized carbons (Fsp3) is 0.294. The van der Waals surface area contributed by atoms with Crippen LogP contribution in [0.5, 0.6) is 0 Å². The van der Waals surface area contributed by atoms with Gasteiger partial charge in [-0.2, -0.15) is 5.26 Å². The Hall–Kier alpha value is -2.54. The maximum atomic E-state index is 12.3. The minimum absolute atomic E-state index is 0.211. The number of hydrogen-bond acceptors (Lipinski definition) is 2. The molecular formula is C17H19N3O. The van der Waals surface area contributed by atoms with Gasteiger partial charge in [-0.3, -0.25) is 4.79 Å². The van der Waals surface area contributed by atoms with E-state index in [0.29, 0.717) is 17.8 Å². The number of carbonyl (C=O) groups is 1. The first-order chi connectivity index (χ1) is 10.1. The van der Waals surface area contributed by atoms with Crippen LogP contribution in [-0.2, 0) is 0 Å². The molecule has 108 valence electrons. The van der Waals surface area contributed by atoms with E-state index in [4.69, 9.17) is 0 Å². The van der Waals surface area contributed by atoms with E-state index in [1.807, 2.05) is 39.0 Å². The van der Waals surface area contributed by atoms with E-state index in [9.17, 15) is 10.1 Å². The molecule has 4 nitrogen and oxygen atoms in total. The van der Waals surface area contributed by atoms with Gasteiger partial charge in [-0.05, 0) is 49.6 Å². The van der Waals surface area contributed by atoms with E-state index in [1.54, 1.807) is 16.8 Å². The molecule has 1 aromatic heterocycles. The fourth-order valence-corrected chi connectivity index (χ4v) is 2.17. The molecule has 0 aliphatic heterocycles. The van der Waals surface area contributed by atoms with Crippen molar-refractivity contribution < 1.29 is 4.79 Å². The van der Waals surface area contributed by atoms with Crippen molar-refractivity contribution in [3.8, 4) is 11.8 Å². The van der Waals surface area contributed by atoms with Gasteiger partial charge in [0.2, 0.25) is 0 Å². The largest absolute Gasteiger partial charge is 0.351 e. The molecule has 1 aromatic carbocycles. The highest BCUT2D eigenvalue weighted by Gasteiger charge is 2.17. The molecule has 0 saturated carbocycles. The molecule has 4 heteroatoms. The predicted molar refractivity (Wildman–Crippen MR) is 82.6 cm³/mol. The average Bonchev–Trinajstić information content (AvgIpc) is 2.91. The van der Waals surface area contributed by atoms with E-state index in [1.165, 1.54) is 5.56 Å². The zero-order valence-corrected chi connectivity index (χ0v) is 12.6. The van der Waals surface area contributed by atoms with Crippen LogP contribution in [0.25, 0.3) is 5.69 Å². The van der Waals surface area contributed by atoms with Crippen LogP contribution in [-0.4, -0.2) is 17.0 Å². The Kier molecular flexibility index (Phi) is 4.44. The van der Waals surface area contributed by atoms with Crippen LogP contribution in [0.3, 0.4) is 0 Å². The third kappa shape index (κ3) is 2.97. The second kappa shape index (κ2) is 6.27. The molecular weight excluding hydrogens is 262 g/mol. The summed E-state index contributed by atoms with van der Waals surface area (Å²) in [5.74, 6) is -0.211. The van der Waals surface area contributed by atoms with E-state index in [-0.39, 0.29) is 5.91 Å². The summed E-state index contributed by atoms with van der Waals surface area (Å²) < 4.78 is 1.77. The Labute approximate surface area is 125 Å². The van der Waals surface area contributed by atoms with E-state index < -0.39 is 0 Å². The Morgan fingerprint density at radius 3 is 2.67 bits per heavy atom. The molecule has 1 heterocycles. The van der Waals surface area contributed by atoms with E-state index in [2.05, 4.69) is 11.4 Å². The lowest BCUT2D eigenvalue weighted by molar-refractivity contribution is 0.0946. The van der Waals surface area contributed by atoms with Gasteiger partial charge in [0.25, 0.3) is 5.91 Å². The monoisotopic (exact) mass is 281 g/mol. The van der Waals surface area contributed by atoms with Crippen molar-refractivity contribution in [1.29, 1.82) is 5.26 Å². The van der Waals surface area contributed by atoms with Gasteiger partial charge < -0.3 is 9.88 Å². The van der Waals surface area contributed by atoms with Gasteiger partial charge in [-0.25, -0.2) is 0 Å². The standard InChI is InChI=1S/C17H19N3O/c1-4-8-19-17(21)16-14(11-18)7-9-20(16)15-6-5-12(2)13(3)10-15/h5-7,9-10H,4,8H2,1-3H3,(H,19,21). The molecule has 1 N–H and O–H groups in total. The molecule has 0 unspecified atom stereocenters. The molecule has 0 radical (unpaired) electrons. The van der Waals surface area contributed by atoms with Crippen molar-refractivity contribution in [3.05, 3.63) is 52.8 Å². The van der Waals surface area contributed by atoms with E-state index in [0.717, 1.165) is 17.7 Å². The first-order valence-corrected chi connectivity index (χ1v) is 7.05. The highest BCUT2D eigenvalue weighted by Crippen LogP contribution is 2.19. The van der Waals surface area contributed by atoms with Gasteiger partial charge in [-0.1, -0.05) is 13.0 Å². The summed E-state index contributed by atoms with van der Waals surface area (Å²) in [4.78, 5) is 12.3. The van der Waals surface area contributed by atoms with Crippen LogP contribution in [0.15, 0.2) is 30.5 Å². The minimum Gasteiger partial charge on any atom is -0.351 e. The molecule has 1 amide bonds. The smallest absolute Gasteiger partial charge is 0.269 e. The zero-order valence-electron chi connectivity index (χ0n) is 12.6. The normalized spacial score (nSPS) is 10.2. The summed E-state index contributed by atoms with van der Waals surface area (Å²) in [5, 5.41) is 12.0. The highest BCUT2D eigenvalue weighted by atomic mass is 16.1. The van der Waals surface area contributed by atoms with Crippen LogP contribution in [0.2, 0.25) is 0 Å². The summed E-state index contributed by atoms with van der Waals surface area (Å²) >= 11 is 0. The number of nitrogens with zero attached hydrogens (tertiary/aromatic N) is 2. The van der Waals surface area contributed by atoms with Crippen molar-refractivity contribution in [1.82, 2.24) is 9.88 Å². The molecule has 0 spiro atoms. The summed E-state index contributed by atoms with van der Waals surface area (Å²) in [6.07, 6.45) is 2.63. The van der Waals surface area contributed by atoms with Crippen LogP contribution >= 0.6 is 0 Å². The summed E-state index contributed by atoms with van der Waals surface area (Å²) in [5.41, 5.74) is 4.03. The number of aromatic nitrogens is 1. The van der Waals surface area contributed by atoms with Crippen LogP contribution in [0.4, 0.5) is 0 Å². The number of nitrogens with one attached hydrogen (secondary N) is 1. The second-order valence-electron chi connectivity index (χ2n) is 5.08. The number of hydrogen-bond donors (Lipinski definition) is 1. The van der Waals surface area contributed by atoms with Crippen molar-refractivity contribution in [3.63, 3.8) is 0 Å². The number of aryl methyl sites for hydroxylation is 2. The maximum absolute atomic E-state index is 12.3. The Balaban J connectivity index is 2.49. The number of rotatable bonds is 4. The SMILES string of the molecule is CCCNC(=O)c1c(C#N)ccn1-c1ccc(C)c(C)c1. The topological polar surface area (TPSA) is 57.8 Å². The Bertz CT molecular complexity index is 707. The number of nitriles is 1. The molecule has 0 bridgehead atoms. The van der Waals surface area contributed by atoms with Gasteiger partial charge in [0.15, 0.2) is 0 Å². The quantitative estimate of drug-likeness (QED) is 0.936. The third-order valence-corrected chi connectivity index (χ3v) is 3.53. The van der Waals surface area contributed by atoms with Gasteiger partial charge in [0.1, 0.15) is 11.8 Å². The summed E-state index contributed by atoms with van der Waals surface area (Å²) in [7, 11) is 0.